The van der Waals surface area contributed by atoms with Gasteiger partial charge in [-0.2, -0.15) is 0 Å². The third-order valence-electron chi connectivity index (χ3n) is 5.12. The highest BCUT2D eigenvalue weighted by molar-refractivity contribution is 5.70. The molecule has 0 radical (unpaired) electrons. The van der Waals surface area contributed by atoms with E-state index in [0.717, 1.165) is 5.56 Å². The largest absolute Gasteiger partial charge is 0.469 e. The summed E-state index contributed by atoms with van der Waals surface area (Å²) in [6, 6.07) is 9.35. The first-order valence-corrected chi connectivity index (χ1v) is 9.98. The molecule has 2 aliphatic rings. The van der Waals surface area contributed by atoms with Crippen LogP contribution in [0.2, 0.25) is 0 Å². The van der Waals surface area contributed by atoms with Gasteiger partial charge in [-0.15, -0.1) is 0 Å². The number of benzene rings is 1. The third-order valence-corrected chi connectivity index (χ3v) is 5.12. The molecule has 0 spiro atoms. The summed E-state index contributed by atoms with van der Waals surface area (Å²) in [7, 11) is 2.72. The van der Waals surface area contributed by atoms with Crippen molar-refractivity contribution in [2.75, 3.05) is 20.8 Å². The molecule has 1 aromatic rings. The molecule has 9 nitrogen and oxygen atoms in total. The average Bonchev–Trinajstić information content (AvgIpc) is 2.78. The number of fused-ring (bicyclic) bond motifs is 1. The van der Waals surface area contributed by atoms with Crippen molar-refractivity contribution in [2.24, 2.45) is 0 Å². The Labute approximate surface area is 175 Å². The van der Waals surface area contributed by atoms with E-state index < -0.39 is 43.0 Å². The summed E-state index contributed by atoms with van der Waals surface area (Å²) in [5.74, 6) is -0.817. The number of carbonyl (C=O) groups is 2. The zero-order chi connectivity index (χ0) is 21.5. The van der Waals surface area contributed by atoms with E-state index in [9.17, 15) is 14.7 Å². The summed E-state index contributed by atoms with van der Waals surface area (Å²) < 4.78 is 32.8. The fraction of sp³-hybridized carbons (Fsp3) is 0.619. The van der Waals surface area contributed by atoms with Crippen LogP contribution in [0.15, 0.2) is 30.3 Å². The molecule has 9 heteroatoms. The van der Waals surface area contributed by atoms with Crippen LogP contribution < -0.4 is 0 Å². The Kier molecular flexibility index (Phi) is 8.17. The van der Waals surface area contributed by atoms with Crippen LogP contribution in [0.5, 0.6) is 0 Å². The second-order valence-corrected chi connectivity index (χ2v) is 7.18. The van der Waals surface area contributed by atoms with Crippen molar-refractivity contribution in [1.29, 1.82) is 0 Å². The molecule has 3 rings (SSSR count). The van der Waals surface area contributed by atoms with Crippen LogP contribution in [0.4, 0.5) is 0 Å². The van der Waals surface area contributed by atoms with Gasteiger partial charge in [0.2, 0.25) is 0 Å². The summed E-state index contributed by atoms with van der Waals surface area (Å²) in [5.41, 5.74) is 0.812. The van der Waals surface area contributed by atoms with Gasteiger partial charge in [0, 0.05) is 25.5 Å². The summed E-state index contributed by atoms with van der Waals surface area (Å²) in [6.45, 7) is 0.198. The van der Waals surface area contributed by atoms with Crippen LogP contribution in [0.3, 0.4) is 0 Å². The Hall–Kier alpha value is -2.04. The maximum Gasteiger partial charge on any atom is 0.306 e. The number of unbranched alkanes of at least 4 members (excludes halogenated alkanes) is 1. The van der Waals surface area contributed by atoms with Crippen LogP contribution in [0, 0.1) is 0 Å². The molecule has 1 unspecified atom stereocenters. The number of hydrogen-bond acceptors (Lipinski definition) is 9. The van der Waals surface area contributed by atoms with Gasteiger partial charge in [-0.1, -0.05) is 30.3 Å². The van der Waals surface area contributed by atoms with Crippen molar-refractivity contribution in [1.82, 2.24) is 0 Å². The number of rotatable bonds is 8. The summed E-state index contributed by atoms with van der Waals surface area (Å²) in [5, 5.41) is 10.6. The molecule has 166 valence electrons. The number of aliphatic hydroxyl groups excluding tert-OH is 1. The van der Waals surface area contributed by atoms with Crippen molar-refractivity contribution in [2.45, 2.75) is 62.7 Å². The normalized spacial score (nSPS) is 30.9. The second-order valence-electron chi connectivity index (χ2n) is 7.18. The molecule has 2 heterocycles. The molecule has 1 N–H and O–H groups in total. The zero-order valence-electron chi connectivity index (χ0n) is 17.1. The highest BCUT2D eigenvalue weighted by atomic mass is 16.8. The van der Waals surface area contributed by atoms with E-state index in [1.807, 2.05) is 30.3 Å². The molecule has 2 aliphatic heterocycles. The molecule has 0 aromatic heterocycles. The summed E-state index contributed by atoms with van der Waals surface area (Å²) >= 11 is 0. The lowest BCUT2D eigenvalue weighted by Crippen LogP contribution is -2.63. The Morgan fingerprint density at radius 3 is 2.43 bits per heavy atom. The molecule has 2 saturated heterocycles. The lowest BCUT2D eigenvalue weighted by molar-refractivity contribution is -0.358. The first kappa shape index (κ1) is 22.6. The Balaban J connectivity index is 1.63. The lowest BCUT2D eigenvalue weighted by atomic mass is 9.97. The zero-order valence-corrected chi connectivity index (χ0v) is 17.1. The van der Waals surface area contributed by atoms with E-state index in [0.29, 0.717) is 12.8 Å². The molecule has 0 saturated carbocycles. The van der Waals surface area contributed by atoms with Crippen LogP contribution in [0.1, 0.15) is 37.5 Å². The molecular weight excluding hydrogens is 396 g/mol. The van der Waals surface area contributed by atoms with Gasteiger partial charge < -0.3 is 33.5 Å². The Morgan fingerprint density at radius 1 is 1.07 bits per heavy atom. The van der Waals surface area contributed by atoms with Crippen LogP contribution in [0.25, 0.3) is 0 Å². The molecule has 0 bridgehead atoms. The van der Waals surface area contributed by atoms with Crippen LogP contribution >= 0.6 is 0 Å². The Bertz CT molecular complexity index is 695. The number of aliphatic hydroxyl groups is 1. The van der Waals surface area contributed by atoms with Gasteiger partial charge >= 0.3 is 11.9 Å². The molecular formula is C21H28O9. The van der Waals surface area contributed by atoms with Gasteiger partial charge in [0.05, 0.1) is 13.7 Å². The van der Waals surface area contributed by atoms with Gasteiger partial charge in [0.15, 0.2) is 18.7 Å². The smallest absolute Gasteiger partial charge is 0.306 e. The lowest BCUT2D eigenvalue weighted by Gasteiger charge is -2.47. The fourth-order valence-electron chi connectivity index (χ4n) is 3.52. The maximum atomic E-state index is 12.4. The van der Waals surface area contributed by atoms with Crippen LogP contribution in [-0.2, 0) is 38.0 Å². The van der Waals surface area contributed by atoms with E-state index >= 15 is 0 Å². The van der Waals surface area contributed by atoms with Gasteiger partial charge in [0.25, 0.3) is 0 Å². The average molecular weight is 424 g/mol. The number of hydrogen-bond donors (Lipinski definition) is 1. The Morgan fingerprint density at radius 2 is 1.77 bits per heavy atom. The number of methoxy groups -OCH3 is 2. The van der Waals surface area contributed by atoms with Crippen molar-refractivity contribution in [3.05, 3.63) is 35.9 Å². The standard InChI is InChI=1S/C21H28O9/c1-25-15(22)10-6-7-11-16(23)29-19-17(24)21(26-2)28-14-12-27-20(30-18(14)19)13-8-4-3-5-9-13/h3-5,8-9,14,17-21,24H,6-7,10-12H2,1-2H3/t14-,17-,18-,19-,20?,21+/m1/s1. The minimum absolute atomic E-state index is 0.106. The van der Waals surface area contributed by atoms with E-state index in [-0.39, 0.29) is 25.4 Å². The van der Waals surface area contributed by atoms with Crippen LogP contribution in [-0.4, -0.2) is 68.6 Å². The molecule has 6 atom stereocenters. The van der Waals surface area contributed by atoms with Gasteiger partial charge in [-0.05, 0) is 12.8 Å². The monoisotopic (exact) mass is 424 g/mol. The minimum atomic E-state index is -1.22. The first-order valence-electron chi connectivity index (χ1n) is 9.98. The molecule has 0 amide bonds. The summed E-state index contributed by atoms with van der Waals surface area (Å²) in [4.78, 5) is 23.5. The highest BCUT2D eigenvalue weighted by Gasteiger charge is 2.51. The molecule has 2 fully saturated rings. The van der Waals surface area contributed by atoms with Gasteiger partial charge in [-0.25, -0.2) is 0 Å². The van der Waals surface area contributed by atoms with E-state index in [2.05, 4.69) is 4.74 Å². The van der Waals surface area contributed by atoms with Crippen molar-refractivity contribution < 1.29 is 43.1 Å². The SMILES string of the molecule is COC(=O)CCCCC(=O)O[C@@H]1[C@@H](O)[C@@H](OC)O[C@@H]2COC(c3ccccc3)O[C@@H]12. The quantitative estimate of drug-likeness (QED) is 0.490. The predicted octanol–water partition coefficient (Wildman–Crippen LogP) is 1.48. The number of esters is 2. The molecule has 1 aromatic carbocycles. The van der Waals surface area contributed by atoms with Crippen molar-refractivity contribution in [3.8, 4) is 0 Å². The molecule has 0 aliphatic carbocycles. The maximum absolute atomic E-state index is 12.4. The predicted molar refractivity (Wildman–Crippen MR) is 102 cm³/mol. The first-order chi connectivity index (χ1) is 14.5. The molecule has 30 heavy (non-hydrogen) atoms. The van der Waals surface area contributed by atoms with Gasteiger partial charge in [-0.3, -0.25) is 9.59 Å². The highest BCUT2D eigenvalue weighted by Crippen LogP contribution is 2.35. The van der Waals surface area contributed by atoms with E-state index in [1.165, 1.54) is 14.2 Å². The van der Waals surface area contributed by atoms with Gasteiger partial charge in [0.1, 0.15) is 18.3 Å². The topological polar surface area (TPSA) is 110 Å². The number of carbonyl (C=O) groups excluding carboxylic acids is 2. The summed E-state index contributed by atoms with van der Waals surface area (Å²) in [6.07, 6.45) is -3.79. The van der Waals surface area contributed by atoms with Crippen molar-refractivity contribution in [3.63, 3.8) is 0 Å². The number of ether oxygens (including phenoxy) is 6. The third kappa shape index (κ3) is 5.55. The second kappa shape index (κ2) is 10.8. The van der Waals surface area contributed by atoms with E-state index in [4.69, 9.17) is 23.7 Å². The fourth-order valence-corrected chi connectivity index (χ4v) is 3.52. The van der Waals surface area contributed by atoms with Crippen molar-refractivity contribution >= 4 is 11.9 Å². The van der Waals surface area contributed by atoms with E-state index in [1.54, 1.807) is 0 Å². The minimum Gasteiger partial charge on any atom is -0.469 e.